The van der Waals surface area contributed by atoms with Crippen LogP contribution in [0.1, 0.15) is 38.8 Å². The van der Waals surface area contributed by atoms with Crippen LogP contribution in [0.4, 0.5) is 0 Å². The molecule has 0 aliphatic rings. The van der Waals surface area contributed by atoms with Crippen LogP contribution in [0.15, 0.2) is 26.5 Å². The summed E-state index contributed by atoms with van der Waals surface area (Å²) in [5.41, 5.74) is 2.86. The van der Waals surface area contributed by atoms with E-state index in [-0.39, 0.29) is 5.56 Å². The molecule has 0 aliphatic heterocycles. The van der Waals surface area contributed by atoms with Crippen molar-refractivity contribution in [3.05, 3.63) is 33.6 Å². The lowest BCUT2D eigenvalue weighted by Crippen LogP contribution is -2.27. The molecule has 0 unspecified atom stereocenters. The van der Waals surface area contributed by atoms with E-state index >= 15 is 0 Å². The molecular formula is C17H23N3O2S2. The highest BCUT2D eigenvalue weighted by Crippen LogP contribution is 2.23. The summed E-state index contributed by atoms with van der Waals surface area (Å²) in [6.07, 6.45) is 1.89. The van der Waals surface area contributed by atoms with E-state index in [1.807, 2.05) is 53.0 Å². The van der Waals surface area contributed by atoms with Crippen molar-refractivity contribution in [2.45, 2.75) is 44.5 Å². The highest BCUT2D eigenvalue weighted by Gasteiger charge is 2.27. The van der Waals surface area contributed by atoms with E-state index < -0.39 is 16.1 Å². The molecule has 1 atom stereocenters. The topological polar surface area (TPSA) is 70.3 Å². The molecule has 7 heteroatoms. The monoisotopic (exact) mass is 365 g/mol. The number of hydrogen-bond acceptors (Lipinski definition) is 5. The zero-order valence-corrected chi connectivity index (χ0v) is 16.8. The van der Waals surface area contributed by atoms with Crippen LogP contribution >= 0.6 is 11.8 Å². The fraction of sp³-hybridized carbons (Fsp3) is 0.471. The maximum Gasteiger partial charge on any atom is 0.261 e. The van der Waals surface area contributed by atoms with E-state index in [2.05, 4.69) is 9.38 Å². The van der Waals surface area contributed by atoms with Gasteiger partial charge in [0, 0.05) is 12.6 Å². The second-order valence-electron chi connectivity index (χ2n) is 6.71. The second kappa shape index (κ2) is 6.90. The maximum atomic E-state index is 12.6. The first-order valence-corrected chi connectivity index (χ1v) is 9.92. The molecule has 0 saturated carbocycles. The van der Waals surface area contributed by atoms with Gasteiger partial charge < -0.3 is 4.55 Å². The first kappa shape index (κ1) is 19.0. The minimum absolute atomic E-state index is 0.0842. The third-order valence-corrected chi connectivity index (χ3v) is 5.82. The number of aromatic nitrogens is 2. The summed E-state index contributed by atoms with van der Waals surface area (Å²) >= 11 is 0.0565. The predicted octanol–water partition coefficient (Wildman–Crippen LogP) is 3.24. The number of rotatable bonds is 3. The number of thioether (sulfide) groups is 1. The van der Waals surface area contributed by atoms with Crippen LogP contribution in [-0.2, 0) is 18.4 Å². The number of benzene rings is 1. The minimum atomic E-state index is -1.36. The molecule has 1 aromatic carbocycles. The van der Waals surface area contributed by atoms with Crippen LogP contribution in [0.3, 0.4) is 0 Å². The number of nitrogens with zero attached hydrogens (tertiary/aromatic N) is 3. The van der Waals surface area contributed by atoms with E-state index in [9.17, 15) is 9.35 Å². The fourth-order valence-electron chi connectivity index (χ4n) is 2.27. The van der Waals surface area contributed by atoms with Gasteiger partial charge in [0.05, 0.1) is 16.6 Å². The maximum absolute atomic E-state index is 12.6. The first-order valence-electron chi connectivity index (χ1n) is 7.59. The Labute approximate surface area is 149 Å². The second-order valence-corrected chi connectivity index (χ2v) is 9.39. The SMILES string of the molecule is CSc1nc2c(/C(C)=N/[S@+]([O-])C(C)(C)C)cc(C)cc2c(=O)n1C. The molecule has 2 rings (SSSR count). The Balaban J connectivity index is 2.77. The molecule has 0 radical (unpaired) electrons. The molecule has 5 nitrogen and oxygen atoms in total. The smallest absolute Gasteiger partial charge is 0.261 e. The largest absolute Gasteiger partial charge is 0.591 e. The predicted molar refractivity (Wildman–Crippen MR) is 104 cm³/mol. The van der Waals surface area contributed by atoms with Gasteiger partial charge in [-0.3, -0.25) is 9.36 Å². The Bertz CT molecular complexity index is 867. The van der Waals surface area contributed by atoms with Gasteiger partial charge in [-0.25, -0.2) is 4.98 Å². The molecule has 130 valence electrons. The van der Waals surface area contributed by atoms with Gasteiger partial charge in [-0.05, 0) is 58.6 Å². The third-order valence-electron chi connectivity index (χ3n) is 3.60. The van der Waals surface area contributed by atoms with Crippen molar-refractivity contribution in [1.29, 1.82) is 0 Å². The van der Waals surface area contributed by atoms with Crippen LogP contribution in [0.25, 0.3) is 10.9 Å². The van der Waals surface area contributed by atoms with Gasteiger partial charge in [0.2, 0.25) is 0 Å². The summed E-state index contributed by atoms with van der Waals surface area (Å²) in [4.78, 5) is 17.3. The molecule has 0 spiro atoms. The van der Waals surface area contributed by atoms with Crippen molar-refractivity contribution >= 4 is 39.7 Å². The van der Waals surface area contributed by atoms with Crippen molar-refractivity contribution < 1.29 is 4.55 Å². The van der Waals surface area contributed by atoms with Crippen LogP contribution in [-0.4, -0.2) is 30.8 Å². The Hall–Kier alpha value is -1.31. The van der Waals surface area contributed by atoms with Gasteiger partial charge in [0.25, 0.3) is 5.56 Å². The number of hydrogen-bond donors (Lipinski definition) is 0. The fourth-order valence-corrected chi connectivity index (χ4v) is 3.43. The van der Waals surface area contributed by atoms with E-state index in [1.54, 1.807) is 11.6 Å². The molecule has 2 aromatic rings. The summed E-state index contributed by atoms with van der Waals surface area (Å²) in [5.74, 6) is 0. The third kappa shape index (κ3) is 3.68. The summed E-state index contributed by atoms with van der Waals surface area (Å²) in [7, 11) is 1.72. The molecule has 0 amide bonds. The Kier molecular flexibility index (Phi) is 5.47. The highest BCUT2D eigenvalue weighted by atomic mass is 32.2. The summed E-state index contributed by atoms with van der Waals surface area (Å²) in [6.45, 7) is 9.39. The summed E-state index contributed by atoms with van der Waals surface area (Å²) in [6, 6.07) is 3.78. The van der Waals surface area contributed by atoms with Crippen molar-refractivity contribution in [3.63, 3.8) is 0 Å². The molecular weight excluding hydrogens is 342 g/mol. The number of aryl methyl sites for hydroxylation is 1. The van der Waals surface area contributed by atoms with Crippen molar-refractivity contribution in [3.8, 4) is 0 Å². The molecule has 1 heterocycles. The lowest BCUT2D eigenvalue weighted by Gasteiger charge is -2.19. The van der Waals surface area contributed by atoms with E-state index in [0.29, 0.717) is 21.8 Å². The molecule has 24 heavy (non-hydrogen) atoms. The zero-order valence-electron chi connectivity index (χ0n) is 15.1. The van der Waals surface area contributed by atoms with Crippen molar-refractivity contribution in [2.24, 2.45) is 11.4 Å². The Morgan fingerprint density at radius 3 is 2.54 bits per heavy atom. The molecule has 0 N–H and O–H groups in total. The highest BCUT2D eigenvalue weighted by molar-refractivity contribution is 7.98. The lowest BCUT2D eigenvalue weighted by molar-refractivity contribution is 0.561. The Morgan fingerprint density at radius 1 is 1.38 bits per heavy atom. The van der Waals surface area contributed by atoms with E-state index in [0.717, 1.165) is 11.1 Å². The van der Waals surface area contributed by atoms with Gasteiger partial charge in [0.15, 0.2) is 5.16 Å². The summed E-state index contributed by atoms with van der Waals surface area (Å²) in [5, 5.41) is 1.20. The number of fused-ring (bicyclic) bond motifs is 1. The van der Waals surface area contributed by atoms with E-state index in [4.69, 9.17) is 0 Å². The lowest BCUT2D eigenvalue weighted by atomic mass is 10.0. The average molecular weight is 366 g/mol. The average Bonchev–Trinajstić information content (AvgIpc) is 2.49. The minimum Gasteiger partial charge on any atom is -0.591 e. The van der Waals surface area contributed by atoms with E-state index in [1.165, 1.54) is 11.8 Å². The molecule has 0 fully saturated rings. The van der Waals surface area contributed by atoms with Crippen molar-refractivity contribution in [2.75, 3.05) is 6.26 Å². The van der Waals surface area contributed by atoms with Gasteiger partial charge in [-0.2, -0.15) is 0 Å². The normalized spacial score (nSPS) is 14.2. The van der Waals surface area contributed by atoms with Gasteiger partial charge in [0.1, 0.15) is 16.1 Å². The standard InChI is InChI=1S/C17H23N3O2S2/c1-10-8-12(11(2)19-24(22)17(3,4)5)14-13(9-10)15(21)20(6)16(18-14)23-7/h8-9H,1-7H3/b19-11+/t24-/m1/s1. The molecule has 1 aromatic heterocycles. The van der Waals surface area contributed by atoms with Gasteiger partial charge in [-0.1, -0.05) is 16.2 Å². The summed E-state index contributed by atoms with van der Waals surface area (Å²) < 4.78 is 17.8. The van der Waals surface area contributed by atoms with Crippen molar-refractivity contribution in [1.82, 2.24) is 9.55 Å². The molecule has 0 saturated heterocycles. The molecule has 0 bridgehead atoms. The Morgan fingerprint density at radius 2 is 2.00 bits per heavy atom. The first-order chi connectivity index (χ1) is 11.1. The van der Waals surface area contributed by atoms with Crippen LogP contribution < -0.4 is 5.56 Å². The van der Waals surface area contributed by atoms with Gasteiger partial charge in [-0.15, -0.1) is 0 Å². The molecule has 0 aliphatic carbocycles. The van der Waals surface area contributed by atoms with Crippen LogP contribution in [0.5, 0.6) is 0 Å². The van der Waals surface area contributed by atoms with Crippen LogP contribution in [0.2, 0.25) is 0 Å². The van der Waals surface area contributed by atoms with Gasteiger partial charge >= 0.3 is 0 Å². The van der Waals surface area contributed by atoms with Crippen LogP contribution in [0, 0.1) is 6.92 Å². The zero-order chi connectivity index (χ0) is 18.2. The quantitative estimate of drug-likeness (QED) is 0.362.